The number of methoxy groups -OCH3 is 2. The summed E-state index contributed by atoms with van der Waals surface area (Å²) in [7, 11) is 2.56. The van der Waals surface area contributed by atoms with E-state index in [1.54, 1.807) is 18.2 Å². The van der Waals surface area contributed by atoms with Crippen molar-refractivity contribution in [3.63, 3.8) is 0 Å². The largest absolute Gasteiger partial charge is 0.505 e. The first-order valence-electron chi connectivity index (χ1n) is 11.3. The Balaban J connectivity index is 0.000000290. The Morgan fingerprint density at radius 3 is 1.85 bits per heavy atom. The molecule has 0 aliphatic heterocycles. The fourth-order valence-electron chi connectivity index (χ4n) is 3.67. The summed E-state index contributed by atoms with van der Waals surface area (Å²) in [5.74, 6) is -0.815. The molecular weight excluding hydrogens is 623 g/mol. The van der Waals surface area contributed by atoms with Gasteiger partial charge in [0.2, 0.25) is 0 Å². The Labute approximate surface area is 248 Å². The molecule has 0 aliphatic rings. The van der Waals surface area contributed by atoms with Gasteiger partial charge in [-0.15, -0.1) is 0 Å². The summed E-state index contributed by atoms with van der Waals surface area (Å²) >= 11 is 0. The third-order valence-corrected chi connectivity index (χ3v) is 5.56. The van der Waals surface area contributed by atoms with E-state index in [0.717, 1.165) is 5.56 Å². The molecule has 5 aromatic rings. The van der Waals surface area contributed by atoms with Crippen LogP contribution in [0.4, 0.5) is 0 Å². The quantitative estimate of drug-likeness (QED) is 0.169. The zero-order valence-electron chi connectivity index (χ0n) is 22.0. The fourth-order valence-corrected chi connectivity index (χ4v) is 3.67. The number of rotatable bonds is 5. The minimum absolute atomic E-state index is 0. The molecule has 0 radical (unpaired) electrons. The van der Waals surface area contributed by atoms with E-state index >= 15 is 0 Å². The maximum absolute atomic E-state index is 11.7. The second-order valence-electron chi connectivity index (χ2n) is 7.80. The molecular formula is C28H23N6O6Pd-. The predicted octanol–water partition coefficient (Wildman–Crippen LogP) is 3.72. The summed E-state index contributed by atoms with van der Waals surface area (Å²) in [4.78, 5) is 23.0. The molecule has 0 fully saturated rings. The van der Waals surface area contributed by atoms with Gasteiger partial charge in [-0.2, -0.15) is 20.7 Å². The fraction of sp³-hybridized carbons (Fsp3) is 0.107. The maximum Gasteiger partial charge on any atom is 0.341 e. The summed E-state index contributed by atoms with van der Waals surface area (Å²) in [6, 6.07) is 19.7. The third-order valence-electron chi connectivity index (χ3n) is 5.56. The Morgan fingerprint density at radius 1 is 0.829 bits per heavy atom. The minimum atomic E-state index is -0.537. The average molecular weight is 646 g/mol. The number of nitrogens with zero attached hydrogens (tertiary/aromatic N) is 6. The Hall–Kier alpha value is -5.22. The Bertz CT molecular complexity index is 1770. The number of aromatic hydroxyl groups is 1. The van der Waals surface area contributed by atoms with Gasteiger partial charge in [0.1, 0.15) is 29.9 Å². The monoisotopic (exact) mass is 645 g/mol. The minimum Gasteiger partial charge on any atom is -0.505 e. The molecule has 0 amide bonds. The van der Waals surface area contributed by atoms with Gasteiger partial charge >= 0.3 is 11.9 Å². The van der Waals surface area contributed by atoms with Crippen molar-refractivity contribution >= 4 is 23.0 Å². The zero-order valence-corrected chi connectivity index (χ0v) is 23.6. The SMILES string of the molecule is COC(=O)c1cnn2c(C#N)c(O)ccc12.COC(=O)c1cnn2c(C#N)c(OCc3ccccc3)ccc12.[CH3-].[Pd]. The van der Waals surface area contributed by atoms with Crippen LogP contribution >= 0.6 is 0 Å². The normalized spacial score (nSPS) is 9.66. The van der Waals surface area contributed by atoms with Crippen LogP contribution in [-0.2, 0) is 36.5 Å². The van der Waals surface area contributed by atoms with Gasteiger partial charge in [-0.05, 0) is 29.8 Å². The number of benzene rings is 1. The van der Waals surface area contributed by atoms with Gasteiger partial charge < -0.3 is 26.7 Å². The third kappa shape index (κ3) is 6.51. The number of ether oxygens (including phenoxy) is 3. The summed E-state index contributed by atoms with van der Waals surface area (Å²) < 4.78 is 17.6. The molecule has 0 atom stereocenters. The summed E-state index contributed by atoms with van der Waals surface area (Å²) in [6.45, 7) is 0.339. The van der Waals surface area contributed by atoms with Crippen LogP contribution in [0.5, 0.6) is 11.5 Å². The van der Waals surface area contributed by atoms with Gasteiger partial charge in [-0.1, -0.05) is 30.3 Å². The molecule has 12 nitrogen and oxygen atoms in total. The molecule has 5 rings (SSSR count). The number of carbonyl (C=O) groups is 2. The van der Waals surface area contributed by atoms with Crippen LogP contribution in [0.25, 0.3) is 11.0 Å². The number of fused-ring (bicyclic) bond motifs is 2. The average Bonchev–Trinajstić information content (AvgIpc) is 3.60. The van der Waals surface area contributed by atoms with E-state index in [-0.39, 0.29) is 50.6 Å². The maximum atomic E-state index is 11.7. The molecule has 1 aromatic carbocycles. The van der Waals surface area contributed by atoms with Crippen molar-refractivity contribution in [3.8, 4) is 23.6 Å². The smallest absolute Gasteiger partial charge is 0.341 e. The first-order valence-corrected chi connectivity index (χ1v) is 11.3. The van der Waals surface area contributed by atoms with E-state index < -0.39 is 11.9 Å². The van der Waals surface area contributed by atoms with Gasteiger partial charge in [0.05, 0.1) is 37.6 Å². The van der Waals surface area contributed by atoms with Gasteiger partial charge in [0.25, 0.3) is 0 Å². The van der Waals surface area contributed by atoms with Crippen molar-refractivity contribution in [2.75, 3.05) is 14.2 Å². The van der Waals surface area contributed by atoms with Crippen molar-refractivity contribution in [1.29, 1.82) is 10.5 Å². The second kappa shape index (κ2) is 14.2. The van der Waals surface area contributed by atoms with Crippen LogP contribution in [-0.4, -0.2) is 50.5 Å². The molecule has 1 N–H and O–H groups in total. The number of nitriles is 2. The summed E-state index contributed by atoms with van der Waals surface area (Å²) in [5, 5.41) is 35.6. The van der Waals surface area contributed by atoms with Crippen molar-refractivity contribution in [2.45, 2.75) is 6.61 Å². The summed E-state index contributed by atoms with van der Waals surface area (Å²) in [5.41, 5.74) is 2.67. The van der Waals surface area contributed by atoms with Crippen LogP contribution in [0.3, 0.4) is 0 Å². The first kappa shape index (κ1) is 32.0. The Morgan fingerprint density at radius 2 is 1.34 bits per heavy atom. The summed E-state index contributed by atoms with van der Waals surface area (Å²) in [6.07, 6.45) is 2.67. The molecule has 4 heterocycles. The molecule has 0 saturated carbocycles. The zero-order chi connectivity index (χ0) is 27.9. The molecule has 212 valence electrons. The van der Waals surface area contributed by atoms with E-state index in [9.17, 15) is 20.0 Å². The van der Waals surface area contributed by atoms with Crippen molar-refractivity contribution in [3.05, 3.63) is 102 Å². The van der Waals surface area contributed by atoms with Crippen molar-refractivity contribution < 1.29 is 49.3 Å². The molecule has 4 aromatic heterocycles. The van der Waals surface area contributed by atoms with E-state index in [4.69, 9.17) is 14.7 Å². The van der Waals surface area contributed by atoms with Crippen molar-refractivity contribution in [2.24, 2.45) is 0 Å². The van der Waals surface area contributed by atoms with Crippen LogP contribution in [0.1, 0.15) is 37.7 Å². The molecule has 0 unspecified atom stereocenters. The van der Waals surface area contributed by atoms with Crippen LogP contribution in [0, 0.1) is 30.1 Å². The number of pyridine rings is 2. The number of hydrogen-bond donors (Lipinski definition) is 1. The van der Waals surface area contributed by atoms with E-state index in [0.29, 0.717) is 29.0 Å². The van der Waals surface area contributed by atoms with E-state index in [1.807, 2.05) is 30.3 Å². The number of esters is 2. The second-order valence-corrected chi connectivity index (χ2v) is 7.80. The molecule has 0 saturated heterocycles. The molecule has 0 bridgehead atoms. The van der Waals surface area contributed by atoms with Gasteiger partial charge in [0, 0.05) is 20.4 Å². The molecule has 13 heteroatoms. The predicted molar refractivity (Wildman–Crippen MR) is 141 cm³/mol. The Kier molecular flexibility index (Phi) is 11.1. The number of aromatic nitrogens is 4. The van der Waals surface area contributed by atoms with E-state index in [2.05, 4.69) is 21.0 Å². The van der Waals surface area contributed by atoms with Crippen LogP contribution in [0.2, 0.25) is 0 Å². The topological polar surface area (TPSA) is 164 Å². The first-order chi connectivity index (χ1) is 18.9. The molecule has 41 heavy (non-hydrogen) atoms. The van der Waals surface area contributed by atoms with Crippen LogP contribution in [0.15, 0.2) is 67.0 Å². The standard InChI is InChI=1S/C17H13N3O3.C10H7N3O3.CH3.Pd/c1-22-17(21)13-10-19-20-14(13)7-8-16(15(20)9-18)23-11-12-5-3-2-4-6-12;1-16-10(15)6-5-12-13-7(6)2-3-9(14)8(13)4-11;;/h2-8,10H,11H2,1H3;2-3,5,14H,1H3;1H3;/q;;-1;. The van der Waals surface area contributed by atoms with Gasteiger partial charge in [0.15, 0.2) is 22.9 Å². The molecule has 0 spiro atoms. The number of hydrogen-bond acceptors (Lipinski definition) is 10. The number of carbonyl (C=O) groups excluding carboxylic acids is 2. The van der Waals surface area contributed by atoms with E-state index in [1.165, 1.54) is 47.8 Å². The van der Waals surface area contributed by atoms with Gasteiger partial charge in [-0.25, -0.2) is 18.6 Å². The van der Waals surface area contributed by atoms with Crippen LogP contribution < -0.4 is 4.74 Å². The van der Waals surface area contributed by atoms with Gasteiger partial charge in [-0.3, -0.25) is 0 Å². The molecule has 0 aliphatic carbocycles. The van der Waals surface area contributed by atoms with Crippen molar-refractivity contribution in [1.82, 2.24) is 19.2 Å².